The van der Waals surface area contributed by atoms with E-state index in [-0.39, 0.29) is 23.2 Å². The van der Waals surface area contributed by atoms with Crippen molar-refractivity contribution in [3.8, 4) is 5.75 Å². The summed E-state index contributed by atoms with van der Waals surface area (Å²) in [5, 5.41) is 20.0. The first kappa shape index (κ1) is 15.4. The van der Waals surface area contributed by atoms with Crippen LogP contribution in [0.25, 0.3) is 0 Å². The molecule has 2 nitrogen and oxygen atoms in total. The van der Waals surface area contributed by atoms with Crippen molar-refractivity contribution in [1.29, 1.82) is 0 Å². The summed E-state index contributed by atoms with van der Waals surface area (Å²) < 4.78 is 15.3. The zero-order chi connectivity index (χ0) is 16.4. The number of hydrogen-bond acceptors (Lipinski definition) is 2. The third kappa shape index (κ3) is 2.23. The van der Waals surface area contributed by atoms with Gasteiger partial charge in [-0.1, -0.05) is 26.3 Å². The van der Waals surface area contributed by atoms with Crippen LogP contribution >= 0.6 is 0 Å². The van der Waals surface area contributed by atoms with Crippen molar-refractivity contribution in [3.63, 3.8) is 0 Å². The maximum atomic E-state index is 15.3. The standard InChI is InChI=1S/C20H27FO2/c1-3-11-6-12-7-13(22)4-5-15(12)19-17(21)10-20(2)9-14(23)8-16(20)18(11)19/h4-5,7,11,14,16-19,22-23H,3,6,8-10H2,1-2H3/t11-,14+,16-,17-,18-,19-,20-/m0/s1. The van der Waals surface area contributed by atoms with E-state index in [9.17, 15) is 10.2 Å². The Balaban J connectivity index is 1.81. The number of phenolic OH excluding ortho intramolecular Hbond substituents is 1. The van der Waals surface area contributed by atoms with Crippen molar-refractivity contribution in [2.75, 3.05) is 0 Å². The Morgan fingerprint density at radius 2 is 2.09 bits per heavy atom. The number of aromatic hydroxyl groups is 1. The van der Waals surface area contributed by atoms with E-state index in [4.69, 9.17) is 0 Å². The van der Waals surface area contributed by atoms with Crippen molar-refractivity contribution in [2.45, 2.75) is 64.1 Å². The van der Waals surface area contributed by atoms with Gasteiger partial charge in [0, 0.05) is 5.92 Å². The van der Waals surface area contributed by atoms with Crippen LogP contribution in [-0.4, -0.2) is 22.5 Å². The minimum atomic E-state index is -0.843. The molecule has 2 N–H and O–H groups in total. The number of rotatable bonds is 1. The molecule has 7 atom stereocenters. The second-order valence-electron chi connectivity index (χ2n) is 8.43. The third-order valence-electron chi connectivity index (χ3n) is 7.09. The molecule has 0 aromatic heterocycles. The molecule has 0 saturated heterocycles. The van der Waals surface area contributed by atoms with Crippen molar-refractivity contribution in [3.05, 3.63) is 29.3 Å². The summed E-state index contributed by atoms with van der Waals surface area (Å²) in [7, 11) is 0. The Bertz CT molecular complexity index is 616. The highest BCUT2D eigenvalue weighted by molar-refractivity contribution is 5.41. The van der Waals surface area contributed by atoms with Crippen molar-refractivity contribution < 1.29 is 14.6 Å². The maximum Gasteiger partial charge on any atom is 0.115 e. The molecule has 0 bridgehead atoms. The first-order chi connectivity index (χ1) is 10.9. The lowest BCUT2D eigenvalue weighted by atomic mass is 9.52. The van der Waals surface area contributed by atoms with Crippen LogP contribution in [0.2, 0.25) is 0 Å². The van der Waals surface area contributed by atoms with Crippen LogP contribution in [0.5, 0.6) is 5.75 Å². The van der Waals surface area contributed by atoms with E-state index in [1.807, 2.05) is 12.1 Å². The van der Waals surface area contributed by atoms with Gasteiger partial charge in [0.05, 0.1) is 6.10 Å². The summed E-state index contributed by atoms with van der Waals surface area (Å²) in [6.45, 7) is 4.38. The van der Waals surface area contributed by atoms with Gasteiger partial charge in [0.15, 0.2) is 0 Å². The Morgan fingerprint density at radius 3 is 2.83 bits per heavy atom. The Morgan fingerprint density at radius 1 is 1.30 bits per heavy atom. The average molecular weight is 318 g/mol. The minimum absolute atomic E-state index is 0.0537. The molecule has 4 rings (SSSR count). The van der Waals surface area contributed by atoms with Gasteiger partial charge >= 0.3 is 0 Å². The summed E-state index contributed by atoms with van der Waals surface area (Å²) in [6.07, 6.45) is 2.99. The van der Waals surface area contributed by atoms with Crippen molar-refractivity contribution >= 4 is 0 Å². The molecule has 1 aromatic carbocycles. The lowest BCUT2D eigenvalue weighted by molar-refractivity contribution is -0.0246. The zero-order valence-corrected chi connectivity index (χ0v) is 14.0. The zero-order valence-electron chi connectivity index (χ0n) is 14.0. The fraction of sp³-hybridized carbons (Fsp3) is 0.700. The number of aliphatic hydroxyl groups excluding tert-OH is 1. The Labute approximate surface area is 137 Å². The number of halogens is 1. The quantitative estimate of drug-likeness (QED) is 0.815. The highest BCUT2D eigenvalue weighted by Gasteiger charge is 2.58. The fourth-order valence-electron chi connectivity index (χ4n) is 6.22. The average Bonchev–Trinajstić information content (AvgIpc) is 2.79. The molecule has 23 heavy (non-hydrogen) atoms. The van der Waals surface area contributed by atoms with E-state index < -0.39 is 6.17 Å². The lowest BCUT2D eigenvalue weighted by Crippen LogP contribution is -2.48. The molecule has 0 aliphatic heterocycles. The number of alkyl halides is 1. The molecule has 3 heteroatoms. The number of hydrogen-bond donors (Lipinski definition) is 2. The summed E-state index contributed by atoms with van der Waals surface area (Å²) >= 11 is 0. The van der Waals surface area contributed by atoms with Crippen LogP contribution in [0.4, 0.5) is 4.39 Å². The fourth-order valence-corrected chi connectivity index (χ4v) is 6.22. The Kier molecular flexibility index (Phi) is 3.49. The number of fused-ring (bicyclic) bond motifs is 5. The topological polar surface area (TPSA) is 40.5 Å². The second kappa shape index (κ2) is 5.20. The van der Waals surface area contributed by atoms with Crippen LogP contribution in [0.1, 0.15) is 56.6 Å². The summed E-state index contributed by atoms with van der Waals surface area (Å²) in [6, 6.07) is 5.47. The Hall–Kier alpha value is -1.09. The van der Waals surface area contributed by atoms with E-state index >= 15 is 4.39 Å². The normalized spacial score (nSPS) is 45.2. The summed E-state index contributed by atoms with van der Waals surface area (Å²) in [4.78, 5) is 0. The van der Waals surface area contributed by atoms with Crippen LogP contribution in [0.15, 0.2) is 18.2 Å². The van der Waals surface area contributed by atoms with Gasteiger partial charge in [0.1, 0.15) is 11.9 Å². The van der Waals surface area contributed by atoms with Crippen molar-refractivity contribution in [2.24, 2.45) is 23.2 Å². The van der Waals surface area contributed by atoms with Gasteiger partial charge in [0.25, 0.3) is 0 Å². The predicted molar refractivity (Wildman–Crippen MR) is 88.2 cm³/mol. The summed E-state index contributed by atoms with van der Waals surface area (Å²) in [5.74, 6) is 1.41. The molecule has 0 spiro atoms. The smallest absolute Gasteiger partial charge is 0.115 e. The largest absolute Gasteiger partial charge is 0.508 e. The molecule has 3 aliphatic carbocycles. The molecular formula is C20H27FO2. The molecule has 0 radical (unpaired) electrons. The van der Waals surface area contributed by atoms with E-state index in [1.165, 1.54) is 0 Å². The predicted octanol–water partition coefficient (Wildman–Crippen LogP) is 4.19. The lowest BCUT2D eigenvalue weighted by Gasteiger charge is -2.53. The van der Waals surface area contributed by atoms with Gasteiger partial charge < -0.3 is 10.2 Å². The van der Waals surface area contributed by atoms with Gasteiger partial charge in [-0.05, 0) is 72.1 Å². The SMILES string of the molecule is CC[C@H]1Cc2cc(O)ccc2[C@@H]2[C@@H]1[C@@H]1C[C@@H](O)C[C@@]1(C)C[C@@H]2F. The first-order valence-electron chi connectivity index (χ1n) is 9.07. The van der Waals surface area contributed by atoms with E-state index in [2.05, 4.69) is 13.8 Å². The molecule has 2 saturated carbocycles. The molecule has 126 valence electrons. The van der Waals surface area contributed by atoms with Gasteiger partial charge in [-0.25, -0.2) is 4.39 Å². The number of benzene rings is 1. The highest BCUT2D eigenvalue weighted by Crippen LogP contribution is 2.63. The molecule has 0 amide bonds. The van der Waals surface area contributed by atoms with E-state index in [1.54, 1.807) is 6.07 Å². The van der Waals surface area contributed by atoms with Crippen LogP contribution < -0.4 is 0 Å². The molecule has 3 aliphatic rings. The molecule has 0 heterocycles. The number of aliphatic hydroxyl groups is 1. The molecule has 0 unspecified atom stereocenters. The van der Waals surface area contributed by atoms with Gasteiger partial charge in [0.2, 0.25) is 0 Å². The monoisotopic (exact) mass is 318 g/mol. The molecule has 2 fully saturated rings. The third-order valence-corrected chi connectivity index (χ3v) is 7.09. The van der Waals surface area contributed by atoms with Crippen LogP contribution in [0.3, 0.4) is 0 Å². The summed E-state index contributed by atoms with van der Waals surface area (Å²) in [5.41, 5.74) is 2.18. The number of phenols is 1. The van der Waals surface area contributed by atoms with Crippen LogP contribution in [0, 0.1) is 23.2 Å². The first-order valence-corrected chi connectivity index (χ1v) is 9.07. The van der Waals surface area contributed by atoms with Crippen LogP contribution in [-0.2, 0) is 6.42 Å². The van der Waals surface area contributed by atoms with Gasteiger partial charge in [-0.3, -0.25) is 0 Å². The highest BCUT2D eigenvalue weighted by atomic mass is 19.1. The second-order valence-corrected chi connectivity index (χ2v) is 8.43. The van der Waals surface area contributed by atoms with E-state index in [0.717, 1.165) is 36.8 Å². The molecule has 1 aromatic rings. The minimum Gasteiger partial charge on any atom is -0.508 e. The van der Waals surface area contributed by atoms with Gasteiger partial charge in [-0.15, -0.1) is 0 Å². The van der Waals surface area contributed by atoms with Gasteiger partial charge in [-0.2, -0.15) is 0 Å². The molecular weight excluding hydrogens is 291 g/mol. The maximum absolute atomic E-state index is 15.3. The van der Waals surface area contributed by atoms with E-state index in [0.29, 0.717) is 24.2 Å². The van der Waals surface area contributed by atoms with Crippen molar-refractivity contribution in [1.82, 2.24) is 0 Å².